The van der Waals surface area contributed by atoms with Gasteiger partial charge in [-0.2, -0.15) is 4.31 Å². The van der Waals surface area contributed by atoms with Crippen LogP contribution in [0.3, 0.4) is 0 Å². The van der Waals surface area contributed by atoms with Crippen LogP contribution in [-0.4, -0.2) is 37.8 Å². The van der Waals surface area contributed by atoms with E-state index in [9.17, 15) is 18.0 Å². The van der Waals surface area contributed by atoms with E-state index in [0.29, 0.717) is 28.1 Å². The van der Waals surface area contributed by atoms with E-state index in [1.54, 1.807) is 46.1 Å². The highest BCUT2D eigenvalue weighted by Crippen LogP contribution is 2.29. The number of amides is 1. The summed E-state index contributed by atoms with van der Waals surface area (Å²) in [7, 11) is -3.53. The van der Waals surface area contributed by atoms with E-state index in [0.717, 1.165) is 19.3 Å². The number of rotatable bonds is 6. The third-order valence-corrected chi connectivity index (χ3v) is 8.61. The molecule has 7 nitrogen and oxygen atoms in total. The topological polar surface area (TPSA) is 96.7 Å². The lowest BCUT2D eigenvalue weighted by molar-refractivity contribution is 0.0946. The third kappa shape index (κ3) is 4.19. The van der Waals surface area contributed by atoms with Crippen LogP contribution in [0, 0.1) is 0 Å². The maximum absolute atomic E-state index is 12.9. The lowest BCUT2D eigenvalue weighted by Crippen LogP contribution is -2.45. The molecule has 1 fully saturated rings. The van der Waals surface area contributed by atoms with Crippen LogP contribution >= 0.6 is 11.3 Å². The van der Waals surface area contributed by atoms with E-state index in [2.05, 4.69) is 5.32 Å². The van der Waals surface area contributed by atoms with Crippen molar-refractivity contribution in [2.24, 2.45) is 0 Å². The highest BCUT2D eigenvalue weighted by Gasteiger charge is 2.33. The molecule has 1 aromatic carbocycles. The Labute approximate surface area is 178 Å². The molecule has 1 atom stereocenters. The van der Waals surface area contributed by atoms with E-state index in [-0.39, 0.29) is 18.2 Å². The van der Waals surface area contributed by atoms with Crippen molar-refractivity contribution in [2.45, 2.75) is 35.9 Å². The maximum Gasteiger partial charge on any atom is 0.349 e. The van der Waals surface area contributed by atoms with Gasteiger partial charge in [-0.1, -0.05) is 30.7 Å². The number of sulfonamides is 1. The van der Waals surface area contributed by atoms with Gasteiger partial charge in [0.2, 0.25) is 0 Å². The number of hydrogen-bond acceptors (Lipinski definition) is 6. The van der Waals surface area contributed by atoms with Crippen LogP contribution in [0.1, 0.15) is 36.0 Å². The zero-order valence-electron chi connectivity index (χ0n) is 16.2. The number of nitrogens with one attached hydrogen (secondary N) is 1. The Kier molecular flexibility index (Phi) is 6.03. The molecule has 0 spiro atoms. The van der Waals surface area contributed by atoms with Crippen LogP contribution in [0.4, 0.5) is 0 Å². The van der Waals surface area contributed by atoms with E-state index in [4.69, 9.17) is 4.42 Å². The minimum absolute atomic E-state index is 0.0552. The molecule has 0 saturated carbocycles. The fourth-order valence-electron chi connectivity index (χ4n) is 3.77. The standard InChI is InChI=1S/C21H22N2O5S2/c24-20(17-14-15-6-1-2-8-18(15)28-21(17)25)22-11-10-16-7-3-4-12-23(16)30(26,27)19-9-5-13-29-19/h1-2,5-6,8-9,13-14,16H,3-4,7,10-12H2,(H,22,24). The van der Waals surface area contributed by atoms with E-state index >= 15 is 0 Å². The molecule has 0 aliphatic carbocycles. The monoisotopic (exact) mass is 446 g/mol. The lowest BCUT2D eigenvalue weighted by atomic mass is 10.0. The zero-order valence-corrected chi connectivity index (χ0v) is 17.9. The number of para-hydroxylation sites is 1. The van der Waals surface area contributed by atoms with Gasteiger partial charge in [0, 0.05) is 24.5 Å². The molecule has 158 valence electrons. The van der Waals surface area contributed by atoms with Crippen molar-refractivity contribution in [2.75, 3.05) is 13.1 Å². The van der Waals surface area contributed by atoms with Gasteiger partial charge in [-0.25, -0.2) is 13.2 Å². The van der Waals surface area contributed by atoms with Gasteiger partial charge in [-0.15, -0.1) is 11.3 Å². The Hall–Kier alpha value is -2.49. The number of carbonyl (C=O) groups is 1. The number of carbonyl (C=O) groups excluding carboxylic acids is 1. The summed E-state index contributed by atoms with van der Waals surface area (Å²) in [5.41, 5.74) is -0.318. The molecule has 0 radical (unpaired) electrons. The number of piperidine rings is 1. The van der Waals surface area contributed by atoms with Gasteiger partial charge >= 0.3 is 5.63 Å². The SMILES string of the molecule is O=C(NCCC1CCCCN1S(=O)(=O)c1cccs1)c1cc2ccccc2oc1=O. The second-order valence-electron chi connectivity index (χ2n) is 7.23. The first-order chi connectivity index (χ1) is 14.5. The first kappa shape index (κ1) is 20.8. The minimum Gasteiger partial charge on any atom is -0.422 e. The summed E-state index contributed by atoms with van der Waals surface area (Å²) in [6.07, 6.45) is 3.00. The summed E-state index contributed by atoms with van der Waals surface area (Å²) < 4.78 is 33.0. The van der Waals surface area contributed by atoms with Crippen LogP contribution in [0.5, 0.6) is 0 Å². The molecule has 2 aromatic heterocycles. The average molecular weight is 447 g/mol. The van der Waals surface area contributed by atoms with Gasteiger partial charge in [-0.3, -0.25) is 4.79 Å². The second kappa shape index (κ2) is 8.71. The summed E-state index contributed by atoms with van der Waals surface area (Å²) >= 11 is 1.21. The van der Waals surface area contributed by atoms with Crippen LogP contribution in [-0.2, 0) is 10.0 Å². The number of hydrogen-bond donors (Lipinski definition) is 1. The fourth-order valence-corrected chi connectivity index (χ4v) is 6.62. The predicted octanol–water partition coefficient (Wildman–Crippen LogP) is 3.22. The van der Waals surface area contributed by atoms with Crippen LogP contribution in [0.15, 0.2) is 61.3 Å². The molecule has 1 amide bonds. The van der Waals surface area contributed by atoms with E-state index in [1.807, 2.05) is 0 Å². The summed E-state index contributed by atoms with van der Waals surface area (Å²) in [6, 6.07) is 11.7. The molecule has 1 unspecified atom stereocenters. The smallest absolute Gasteiger partial charge is 0.349 e. The van der Waals surface area contributed by atoms with Crippen molar-refractivity contribution in [3.8, 4) is 0 Å². The highest BCUT2D eigenvalue weighted by molar-refractivity contribution is 7.91. The number of fused-ring (bicyclic) bond motifs is 1. The molecular formula is C21H22N2O5S2. The Balaban J connectivity index is 1.43. The Morgan fingerprint density at radius 2 is 2.03 bits per heavy atom. The first-order valence-corrected chi connectivity index (χ1v) is 12.2. The van der Waals surface area contributed by atoms with Gasteiger partial charge < -0.3 is 9.73 Å². The number of thiophene rings is 1. The fraction of sp³-hybridized carbons (Fsp3) is 0.333. The van der Waals surface area contributed by atoms with Crippen molar-refractivity contribution >= 4 is 38.2 Å². The van der Waals surface area contributed by atoms with Gasteiger partial charge in [0.05, 0.1) is 0 Å². The second-order valence-corrected chi connectivity index (χ2v) is 10.3. The van der Waals surface area contributed by atoms with Crippen LogP contribution < -0.4 is 10.9 Å². The molecule has 1 aliphatic heterocycles. The average Bonchev–Trinajstić information content (AvgIpc) is 3.29. The minimum atomic E-state index is -3.53. The molecule has 30 heavy (non-hydrogen) atoms. The maximum atomic E-state index is 12.9. The molecular weight excluding hydrogens is 424 g/mol. The van der Waals surface area contributed by atoms with E-state index < -0.39 is 21.6 Å². The normalized spacial score (nSPS) is 17.8. The van der Waals surface area contributed by atoms with Gasteiger partial charge in [-0.05, 0) is 42.8 Å². The molecule has 4 rings (SSSR count). The molecule has 1 saturated heterocycles. The third-order valence-electron chi connectivity index (χ3n) is 5.28. The molecule has 3 heterocycles. The Morgan fingerprint density at radius 1 is 1.20 bits per heavy atom. The van der Waals surface area contributed by atoms with Crippen molar-refractivity contribution in [3.05, 3.63) is 63.8 Å². The van der Waals surface area contributed by atoms with Crippen molar-refractivity contribution < 1.29 is 17.6 Å². The summed E-state index contributed by atoms with van der Waals surface area (Å²) in [5.74, 6) is -0.516. The Morgan fingerprint density at radius 3 is 2.83 bits per heavy atom. The summed E-state index contributed by atoms with van der Waals surface area (Å²) in [6.45, 7) is 0.749. The molecule has 9 heteroatoms. The lowest BCUT2D eigenvalue weighted by Gasteiger charge is -2.34. The van der Waals surface area contributed by atoms with Crippen molar-refractivity contribution in [1.82, 2.24) is 9.62 Å². The molecule has 1 N–H and O–H groups in total. The van der Waals surface area contributed by atoms with Crippen molar-refractivity contribution in [3.63, 3.8) is 0 Å². The summed E-state index contributed by atoms with van der Waals surface area (Å²) in [5, 5.41) is 5.16. The van der Waals surface area contributed by atoms with Crippen LogP contribution in [0.25, 0.3) is 11.0 Å². The molecule has 0 bridgehead atoms. The van der Waals surface area contributed by atoms with Crippen LogP contribution in [0.2, 0.25) is 0 Å². The van der Waals surface area contributed by atoms with Gasteiger partial charge in [0.1, 0.15) is 15.4 Å². The number of nitrogens with zero attached hydrogens (tertiary/aromatic N) is 1. The van der Waals surface area contributed by atoms with Crippen molar-refractivity contribution in [1.29, 1.82) is 0 Å². The molecule has 1 aliphatic rings. The Bertz CT molecular complexity index is 1200. The highest BCUT2D eigenvalue weighted by atomic mass is 32.2. The van der Waals surface area contributed by atoms with Gasteiger partial charge in [0.15, 0.2) is 0 Å². The summed E-state index contributed by atoms with van der Waals surface area (Å²) in [4.78, 5) is 24.7. The first-order valence-electron chi connectivity index (χ1n) is 9.83. The largest absolute Gasteiger partial charge is 0.422 e. The quantitative estimate of drug-likeness (QED) is 0.587. The predicted molar refractivity (Wildman–Crippen MR) is 115 cm³/mol. The zero-order chi connectivity index (χ0) is 21.1. The van der Waals surface area contributed by atoms with E-state index in [1.165, 1.54) is 17.4 Å². The number of benzene rings is 1. The molecule has 3 aromatic rings. The van der Waals surface area contributed by atoms with Gasteiger partial charge in [0.25, 0.3) is 15.9 Å².